The number of Topliss-reactive ketones (excluding diaryl/α,β-unsaturated/α-hetero) is 3. The number of unbranched alkanes of at least 4 members (excludes halogenated alkanes) is 2. The highest BCUT2D eigenvalue weighted by atomic mass is 16.4. The maximum absolute atomic E-state index is 13.7. The standard InChI is InChI=1S/C29H54O6/c1-9-10-11-16-22(6)25(31)28(34,19-30)29(35,26(32)23(7)17-12-14-20(2)3)27(33)24(8)18-13-15-21(4)5/h20-24,30,34-35H,9-19H2,1-8H3. The molecular weight excluding hydrogens is 444 g/mol. The van der Waals surface area contributed by atoms with Crippen LogP contribution in [0.4, 0.5) is 0 Å². The molecule has 0 aliphatic rings. The second-order valence-electron chi connectivity index (χ2n) is 11.7. The van der Waals surface area contributed by atoms with Crippen LogP contribution in [0.2, 0.25) is 0 Å². The van der Waals surface area contributed by atoms with E-state index in [2.05, 4.69) is 27.7 Å². The third-order valence-corrected chi connectivity index (χ3v) is 7.37. The average molecular weight is 499 g/mol. The minimum Gasteiger partial charge on any atom is -0.393 e. The van der Waals surface area contributed by atoms with Gasteiger partial charge in [0.25, 0.3) is 0 Å². The topological polar surface area (TPSA) is 112 Å². The molecule has 0 saturated heterocycles. The summed E-state index contributed by atoms with van der Waals surface area (Å²) in [6.07, 6.45) is 7.09. The summed E-state index contributed by atoms with van der Waals surface area (Å²) in [5.41, 5.74) is -5.85. The van der Waals surface area contributed by atoms with Crippen LogP contribution >= 0.6 is 0 Å². The molecule has 6 nitrogen and oxygen atoms in total. The molecule has 0 heterocycles. The molecule has 0 amide bonds. The fourth-order valence-electron chi connectivity index (χ4n) is 4.78. The predicted molar refractivity (Wildman–Crippen MR) is 141 cm³/mol. The largest absolute Gasteiger partial charge is 0.393 e. The number of rotatable bonds is 20. The van der Waals surface area contributed by atoms with Crippen LogP contribution in [0, 0.1) is 29.6 Å². The molecule has 35 heavy (non-hydrogen) atoms. The Morgan fingerprint density at radius 3 is 1.31 bits per heavy atom. The summed E-state index contributed by atoms with van der Waals surface area (Å²) in [4.78, 5) is 40.8. The molecule has 0 aromatic rings. The van der Waals surface area contributed by atoms with Crippen molar-refractivity contribution >= 4 is 17.3 Å². The van der Waals surface area contributed by atoms with Gasteiger partial charge < -0.3 is 15.3 Å². The lowest BCUT2D eigenvalue weighted by Gasteiger charge is -2.42. The van der Waals surface area contributed by atoms with Crippen LogP contribution in [0.3, 0.4) is 0 Å². The fraction of sp³-hybridized carbons (Fsp3) is 0.897. The Morgan fingerprint density at radius 2 is 0.971 bits per heavy atom. The second-order valence-corrected chi connectivity index (χ2v) is 11.7. The van der Waals surface area contributed by atoms with Gasteiger partial charge in [0.15, 0.2) is 23.0 Å². The number of ketones is 3. The molecule has 0 aliphatic heterocycles. The molecule has 0 aliphatic carbocycles. The number of aliphatic hydroxyl groups excluding tert-OH is 1. The zero-order valence-corrected chi connectivity index (χ0v) is 23.7. The van der Waals surface area contributed by atoms with Crippen molar-refractivity contribution in [3.8, 4) is 0 Å². The van der Waals surface area contributed by atoms with Crippen molar-refractivity contribution in [1.82, 2.24) is 0 Å². The quantitative estimate of drug-likeness (QED) is 0.155. The number of hydrogen-bond donors (Lipinski definition) is 3. The maximum atomic E-state index is 13.7. The Morgan fingerprint density at radius 1 is 0.600 bits per heavy atom. The summed E-state index contributed by atoms with van der Waals surface area (Å²) >= 11 is 0. The molecule has 0 bridgehead atoms. The summed E-state index contributed by atoms with van der Waals surface area (Å²) < 4.78 is 0. The molecule has 0 aromatic carbocycles. The van der Waals surface area contributed by atoms with E-state index >= 15 is 0 Å². The lowest BCUT2D eigenvalue weighted by atomic mass is 9.66. The van der Waals surface area contributed by atoms with Gasteiger partial charge >= 0.3 is 0 Å². The van der Waals surface area contributed by atoms with E-state index in [0.29, 0.717) is 31.1 Å². The highest BCUT2D eigenvalue weighted by molar-refractivity contribution is 6.17. The van der Waals surface area contributed by atoms with Crippen LogP contribution in [0.25, 0.3) is 0 Å². The third kappa shape index (κ3) is 9.36. The van der Waals surface area contributed by atoms with Crippen LogP contribution in [-0.2, 0) is 14.4 Å². The fourth-order valence-corrected chi connectivity index (χ4v) is 4.78. The van der Waals surface area contributed by atoms with Crippen LogP contribution < -0.4 is 0 Å². The van der Waals surface area contributed by atoms with Gasteiger partial charge in [-0.15, -0.1) is 0 Å². The molecular formula is C29H54O6. The molecule has 0 spiro atoms. The Bertz CT molecular complexity index is 624. The van der Waals surface area contributed by atoms with Gasteiger partial charge in [-0.1, -0.05) is 100 Å². The zero-order chi connectivity index (χ0) is 27.4. The van der Waals surface area contributed by atoms with Gasteiger partial charge in [0.05, 0.1) is 6.61 Å². The van der Waals surface area contributed by atoms with E-state index in [-0.39, 0.29) is 0 Å². The first kappa shape index (κ1) is 33.9. The highest BCUT2D eigenvalue weighted by Gasteiger charge is 2.64. The van der Waals surface area contributed by atoms with Crippen molar-refractivity contribution in [2.45, 2.75) is 131 Å². The molecule has 0 radical (unpaired) electrons. The van der Waals surface area contributed by atoms with E-state index in [1.807, 2.05) is 6.92 Å². The summed E-state index contributed by atoms with van der Waals surface area (Å²) in [7, 11) is 0. The molecule has 4 atom stereocenters. The smallest absolute Gasteiger partial charge is 0.220 e. The summed E-state index contributed by atoms with van der Waals surface area (Å²) in [6.45, 7) is 14.0. The maximum Gasteiger partial charge on any atom is 0.220 e. The Labute approximate surface area is 214 Å². The monoisotopic (exact) mass is 498 g/mol. The minimum absolute atomic E-state index is 0.427. The molecule has 3 N–H and O–H groups in total. The van der Waals surface area contributed by atoms with E-state index in [0.717, 1.165) is 44.9 Å². The van der Waals surface area contributed by atoms with Gasteiger partial charge in [0.2, 0.25) is 5.60 Å². The lowest BCUT2D eigenvalue weighted by molar-refractivity contribution is -0.199. The van der Waals surface area contributed by atoms with Crippen molar-refractivity contribution < 1.29 is 29.7 Å². The van der Waals surface area contributed by atoms with Gasteiger partial charge in [-0.25, -0.2) is 0 Å². The number of hydrogen-bond acceptors (Lipinski definition) is 6. The van der Waals surface area contributed by atoms with Gasteiger partial charge in [0.1, 0.15) is 0 Å². The molecule has 6 heteroatoms. The van der Waals surface area contributed by atoms with Crippen molar-refractivity contribution in [3.05, 3.63) is 0 Å². The number of carbonyl (C=O) groups excluding carboxylic acids is 3. The second kappa shape index (κ2) is 15.9. The van der Waals surface area contributed by atoms with Crippen LogP contribution in [0.15, 0.2) is 0 Å². The van der Waals surface area contributed by atoms with Gasteiger partial charge in [0, 0.05) is 17.8 Å². The third-order valence-electron chi connectivity index (χ3n) is 7.37. The van der Waals surface area contributed by atoms with Gasteiger partial charge in [-0.05, 0) is 31.1 Å². The van der Waals surface area contributed by atoms with Gasteiger partial charge in [-0.3, -0.25) is 14.4 Å². The van der Waals surface area contributed by atoms with Crippen LogP contribution in [0.1, 0.15) is 120 Å². The average Bonchev–Trinajstić information content (AvgIpc) is 2.80. The van der Waals surface area contributed by atoms with Gasteiger partial charge in [-0.2, -0.15) is 0 Å². The minimum atomic E-state index is -2.98. The van der Waals surface area contributed by atoms with Crippen LogP contribution in [0.5, 0.6) is 0 Å². The van der Waals surface area contributed by atoms with Crippen molar-refractivity contribution in [2.24, 2.45) is 29.6 Å². The molecule has 4 unspecified atom stereocenters. The highest BCUT2D eigenvalue weighted by Crippen LogP contribution is 2.36. The molecule has 206 valence electrons. The van der Waals surface area contributed by atoms with E-state index < -0.39 is 52.9 Å². The lowest BCUT2D eigenvalue weighted by Crippen LogP contribution is -2.72. The normalized spacial score (nSPS) is 18.1. The van der Waals surface area contributed by atoms with E-state index in [1.54, 1.807) is 20.8 Å². The first-order chi connectivity index (χ1) is 16.2. The first-order valence-corrected chi connectivity index (χ1v) is 13.9. The van der Waals surface area contributed by atoms with Crippen molar-refractivity contribution in [2.75, 3.05) is 6.61 Å². The molecule has 0 rings (SSSR count). The Balaban J connectivity index is 6.20. The predicted octanol–water partition coefficient (Wildman–Crippen LogP) is 5.29. The molecule has 0 saturated carbocycles. The van der Waals surface area contributed by atoms with E-state index in [1.165, 1.54) is 0 Å². The van der Waals surface area contributed by atoms with Crippen LogP contribution in [-0.4, -0.2) is 50.5 Å². The zero-order valence-electron chi connectivity index (χ0n) is 23.7. The summed E-state index contributed by atoms with van der Waals surface area (Å²) in [5.74, 6) is -3.89. The summed E-state index contributed by atoms with van der Waals surface area (Å²) in [6, 6.07) is 0. The van der Waals surface area contributed by atoms with E-state index in [9.17, 15) is 29.7 Å². The summed E-state index contributed by atoms with van der Waals surface area (Å²) in [5, 5.41) is 33.5. The number of aliphatic hydroxyl groups is 3. The Kier molecular flexibility index (Phi) is 15.4. The molecule has 0 fully saturated rings. The number of carbonyl (C=O) groups is 3. The van der Waals surface area contributed by atoms with Crippen molar-refractivity contribution in [3.63, 3.8) is 0 Å². The van der Waals surface area contributed by atoms with Crippen molar-refractivity contribution in [1.29, 1.82) is 0 Å². The SMILES string of the molecule is CCCCCC(C)C(=O)C(O)(CO)C(O)(C(=O)C(C)CCCC(C)C)C(=O)C(C)CCCC(C)C. The molecule has 0 aromatic heterocycles. The van der Waals surface area contributed by atoms with E-state index in [4.69, 9.17) is 0 Å². The first-order valence-electron chi connectivity index (χ1n) is 13.9. The Hall–Kier alpha value is -1.11.